The maximum atomic E-state index is 5.05. The first kappa shape index (κ1) is 14.5. The molecule has 1 heterocycles. The number of aromatic nitrogens is 1. The van der Waals surface area contributed by atoms with Gasteiger partial charge in [-0.15, -0.1) is 11.3 Å². The molecule has 0 saturated heterocycles. The first-order chi connectivity index (χ1) is 9.74. The Morgan fingerprint density at radius 2 is 2.00 bits per heavy atom. The molecule has 20 heavy (non-hydrogen) atoms. The van der Waals surface area contributed by atoms with Gasteiger partial charge >= 0.3 is 0 Å². The minimum Gasteiger partial charge on any atom is -0.305 e. The number of thiazole rings is 1. The third-order valence-electron chi connectivity index (χ3n) is 5.20. The molecule has 1 saturated carbocycles. The van der Waals surface area contributed by atoms with Crippen molar-refractivity contribution < 1.29 is 0 Å². The van der Waals surface area contributed by atoms with Gasteiger partial charge in [-0.05, 0) is 57.9 Å². The number of nitrogens with one attached hydrogen (secondary N) is 1. The molecule has 0 bridgehead atoms. The van der Waals surface area contributed by atoms with Gasteiger partial charge < -0.3 is 5.32 Å². The number of rotatable bonds is 5. The van der Waals surface area contributed by atoms with Crippen LogP contribution in [0.25, 0.3) is 0 Å². The van der Waals surface area contributed by atoms with Crippen LogP contribution in [0, 0.1) is 5.92 Å². The van der Waals surface area contributed by atoms with Gasteiger partial charge in [-0.3, -0.25) is 0 Å². The van der Waals surface area contributed by atoms with Crippen LogP contribution in [-0.2, 0) is 18.4 Å². The van der Waals surface area contributed by atoms with Gasteiger partial charge in [0.2, 0.25) is 0 Å². The summed E-state index contributed by atoms with van der Waals surface area (Å²) in [5.74, 6) is 0.772. The zero-order chi connectivity index (χ0) is 14.0. The van der Waals surface area contributed by atoms with E-state index in [1.807, 2.05) is 11.3 Å². The van der Waals surface area contributed by atoms with Gasteiger partial charge in [0.1, 0.15) is 5.01 Å². The highest BCUT2D eigenvalue weighted by Crippen LogP contribution is 2.42. The molecule has 1 atom stereocenters. The molecule has 1 aromatic heterocycles. The average Bonchev–Trinajstić information content (AvgIpc) is 3.07. The highest BCUT2D eigenvalue weighted by atomic mass is 32.1. The summed E-state index contributed by atoms with van der Waals surface area (Å²) in [7, 11) is 0. The van der Waals surface area contributed by atoms with Gasteiger partial charge in [0.05, 0.1) is 11.2 Å². The van der Waals surface area contributed by atoms with E-state index in [0.29, 0.717) is 0 Å². The quantitative estimate of drug-likeness (QED) is 0.868. The Bertz CT molecular complexity index is 426. The van der Waals surface area contributed by atoms with Crippen molar-refractivity contribution in [2.45, 2.75) is 77.2 Å². The molecule has 0 aromatic carbocycles. The van der Waals surface area contributed by atoms with Crippen LogP contribution >= 0.6 is 11.3 Å². The Balaban J connectivity index is 1.86. The standard InChI is InChI=1S/C17H28N2S/c1-3-12-18-17(2,13-8-5-4-6-9-13)16-19-14-10-7-11-15(14)20-16/h13,18H,3-12H2,1-2H3. The lowest BCUT2D eigenvalue weighted by molar-refractivity contribution is 0.177. The normalized spacial score (nSPS) is 22.7. The lowest BCUT2D eigenvalue weighted by Gasteiger charge is -2.39. The topological polar surface area (TPSA) is 24.9 Å². The number of hydrogen-bond donors (Lipinski definition) is 1. The molecule has 2 nitrogen and oxygen atoms in total. The van der Waals surface area contributed by atoms with Crippen LogP contribution in [0.3, 0.4) is 0 Å². The molecule has 1 fully saturated rings. The molecular weight excluding hydrogens is 264 g/mol. The van der Waals surface area contributed by atoms with Crippen molar-refractivity contribution in [2.75, 3.05) is 6.54 Å². The lowest BCUT2D eigenvalue weighted by Crippen LogP contribution is -2.47. The van der Waals surface area contributed by atoms with Gasteiger partial charge in [0.15, 0.2) is 0 Å². The fraction of sp³-hybridized carbons (Fsp3) is 0.824. The van der Waals surface area contributed by atoms with Crippen LogP contribution in [0.15, 0.2) is 0 Å². The SMILES string of the molecule is CCCNC(C)(c1nc2c(s1)CCC2)C1CCCCC1. The van der Waals surface area contributed by atoms with E-state index in [9.17, 15) is 0 Å². The van der Waals surface area contributed by atoms with Crippen LogP contribution in [0.5, 0.6) is 0 Å². The minimum absolute atomic E-state index is 0.117. The van der Waals surface area contributed by atoms with Gasteiger partial charge in [0.25, 0.3) is 0 Å². The number of fused-ring (bicyclic) bond motifs is 1. The molecule has 0 amide bonds. The van der Waals surface area contributed by atoms with E-state index in [1.54, 1.807) is 4.88 Å². The molecule has 112 valence electrons. The van der Waals surface area contributed by atoms with Gasteiger partial charge in [-0.2, -0.15) is 0 Å². The van der Waals surface area contributed by atoms with Crippen molar-refractivity contribution in [3.63, 3.8) is 0 Å². The Kier molecular flexibility index (Phi) is 4.46. The molecule has 0 aliphatic heterocycles. The zero-order valence-corrected chi connectivity index (χ0v) is 13.8. The summed E-state index contributed by atoms with van der Waals surface area (Å²) in [5.41, 5.74) is 1.52. The molecule has 3 rings (SSSR count). The summed E-state index contributed by atoms with van der Waals surface area (Å²) in [4.78, 5) is 6.62. The van der Waals surface area contributed by atoms with Gasteiger partial charge in [-0.1, -0.05) is 26.2 Å². The van der Waals surface area contributed by atoms with E-state index in [4.69, 9.17) is 4.98 Å². The largest absolute Gasteiger partial charge is 0.305 e. The summed E-state index contributed by atoms with van der Waals surface area (Å²) < 4.78 is 0. The fourth-order valence-corrected chi connectivity index (χ4v) is 5.22. The molecule has 2 aliphatic carbocycles. The molecule has 0 radical (unpaired) electrons. The van der Waals surface area contributed by atoms with Crippen molar-refractivity contribution in [2.24, 2.45) is 5.92 Å². The smallest absolute Gasteiger partial charge is 0.113 e. The van der Waals surface area contributed by atoms with Crippen LogP contribution < -0.4 is 5.32 Å². The van der Waals surface area contributed by atoms with Gasteiger partial charge in [-0.25, -0.2) is 4.98 Å². The summed E-state index contributed by atoms with van der Waals surface area (Å²) in [6, 6.07) is 0. The summed E-state index contributed by atoms with van der Waals surface area (Å²) in [6.45, 7) is 5.79. The molecule has 1 N–H and O–H groups in total. The molecule has 3 heteroatoms. The van der Waals surface area contributed by atoms with E-state index in [1.165, 1.54) is 68.5 Å². The Labute approximate surface area is 127 Å². The maximum absolute atomic E-state index is 5.05. The van der Waals surface area contributed by atoms with E-state index < -0.39 is 0 Å². The minimum atomic E-state index is 0.117. The van der Waals surface area contributed by atoms with E-state index in [2.05, 4.69) is 19.2 Å². The third kappa shape index (κ3) is 2.67. The molecular formula is C17H28N2S. The summed E-state index contributed by atoms with van der Waals surface area (Å²) >= 11 is 2.00. The highest BCUT2D eigenvalue weighted by Gasteiger charge is 2.39. The second kappa shape index (κ2) is 6.15. The van der Waals surface area contributed by atoms with E-state index in [-0.39, 0.29) is 5.54 Å². The highest BCUT2D eigenvalue weighted by molar-refractivity contribution is 7.12. The number of aryl methyl sites for hydroxylation is 2. The Morgan fingerprint density at radius 1 is 1.20 bits per heavy atom. The van der Waals surface area contributed by atoms with Crippen LogP contribution in [0.4, 0.5) is 0 Å². The van der Waals surface area contributed by atoms with E-state index >= 15 is 0 Å². The van der Waals surface area contributed by atoms with Crippen molar-refractivity contribution >= 4 is 11.3 Å². The predicted octanol–water partition coefficient (Wildman–Crippen LogP) is 4.43. The molecule has 2 aliphatic rings. The van der Waals surface area contributed by atoms with Crippen molar-refractivity contribution in [1.82, 2.24) is 10.3 Å². The average molecular weight is 292 g/mol. The number of hydrogen-bond acceptors (Lipinski definition) is 3. The second-order valence-corrected chi connectivity index (χ2v) is 7.79. The fourth-order valence-electron chi connectivity index (χ4n) is 3.87. The maximum Gasteiger partial charge on any atom is 0.113 e. The molecule has 1 unspecified atom stereocenters. The van der Waals surface area contributed by atoms with Gasteiger partial charge in [0, 0.05) is 4.88 Å². The zero-order valence-electron chi connectivity index (χ0n) is 13.0. The van der Waals surface area contributed by atoms with Crippen molar-refractivity contribution in [3.05, 3.63) is 15.6 Å². The summed E-state index contributed by atoms with van der Waals surface area (Å²) in [6.07, 6.45) is 12.0. The van der Waals surface area contributed by atoms with Crippen LogP contribution in [0.2, 0.25) is 0 Å². The predicted molar refractivity (Wildman–Crippen MR) is 86.4 cm³/mol. The lowest BCUT2D eigenvalue weighted by atomic mass is 9.76. The first-order valence-electron chi connectivity index (χ1n) is 8.48. The van der Waals surface area contributed by atoms with E-state index in [0.717, 1.165) is 12.5 Å². The van der Waals surface area contributed by atoms with Crippen LogP contribution in [-0.4, -0.2) is 11.5 Å². The van der Waals surface area contributed by atoms with Crippen LogP contribution in [0.1, 0.15) is 74.4 Å². The third-order valence-corrected chi connectivity index (χ3v) is 6.60. The number of nitrogens with zero attached hydrogens (tertiary/aromatic N) is 1. The van der Waals surface area contributed by atoms with Crippen molar-refractivity contribution in [3.8, 4) is 0 Å². The molecule has 0 spiro atoms. The summed E-state index contributed by atoms with van der Waals surface area (Å²) in [5, 5.41) is 5.25. The Hall–Kier alpha value is -0.410. The van der Waals surface area contributed by atoms with Crippen molar-refractivity contribution in [1.29, 1.82) is 0 Å². The Morgan fingerprint density at radius 3 is 2.70 bits per heavy atom. The first-order valence-corrected chi connectivity index (χ1v) is 9.29. The monoisotopic (exact) mass is 292 g/mol. The second-order valence-electron chi connectivity index (χ2n) is 6.71. The molecule has 1 aromatic rings.